The zero-order valence-electron chi connectivity index (χ0n) is 23.7. The van der Waals surface area contributed by atoms with Gasteiger partial charge in [0, 0.05) is 52.4 Å². The largest absolute Gasteiger partial charge is 0.352 e. The lowest BCUT2D eigenvalue weighted by atomic mass is 9.69. The van der Waals surface area contributed by atoms with Gasteiger partial charge in [-0.3, -0.25) is 24.0 Å². The molecule has 2 saturated heterocycles. The van der Waals surface area contributed by atoms with Crippen LogP contribution in [0.15, 0.2) is 55.0 Å². The minimum Gasteiger partial charge on any atom is -0.352 e. The van der Waals surface area contributed by atoms with Crippen LogP contribution in [0.2, 0.25) is 0 Å². The predicted octanol–water partition coefficient (Wildman–Crippen LogP) is 5.06. The number of carbonyl (C=O) groups is 3. The summed E-state index contributed by atoms with van der Waals surface area (Å²) in [6.45, 7) is 9.69. The molecule has 3 aliphatic heterocycles. The van der Waals surface area contributed by atoms with Gasteiger partial charge in [0.15, 0.2) is 0 Å². The molecule has 0 bridgehead atoms. The number of carbonyl (C=O) groups excluding carboxylic acids is 3. The van der Waals surface area contributed by atoms with Crippen molar-refractivity contribution in [3.63, 3.8) is 0 Å². The van der Waals surface area contributed by atoms with E-state index in [4.69, 9.17) is 5.10 Å². The Kier molecular flexibility index (Phi) is 5.78. The molecule has 1 saturated carbocycles. The number of piperidine rings is 2. The fraction of sp³-hybridized carbons (Fsp3) is 0.438. The topological polar surface area (TPSA) is 99.6 Å². The molecule has 1 aliphatic carbocycles. The molecule has 4 aliphatic rings. The van der Waals surface area contributed by atoms with Gasteiger partial charge in [0.2, 0.25) is 11.8 Å². The zero-order valence-corrected chi connectivity index (χ0v) is 23.7. The minimum atomic E-state index is -0.556. The van der Waals surface area contributed by atoms with E-state index in [9.17, 15) is 14.4 Å². The molecule has 7 rings (SSSR count). The number of nitrogens with one attached hydrogen (secondary N) is 2. The van der Waals surface area contributed by atoms with Crippen LogP contribution in [0.5, 0.6) is 0 Å². The molecule has 3 aromatic rings. The number of nitrogens with zero attached hydrogens (tertiary/aromatic N) is 4. The second-order valence-corrected chi connectivity index (χ2v) is 12.7. The first-order valence-corrected chi connectivity index (χ1v) is 14.7. The normalized spacial score (nSPS) is 23.0. The molecule has 1 unspecified atom stereocenters. The Labute approximate surface area is 239 Å². The van der Waals surface area contributed by atoms with Crippen LogP contribution in [0.25, 0.3) is 10.8 Å². The molecule has 3 amide bonds. The molecule has 9 nitrogen and oxygen atoms in total. The molecule has 3 fully saturated rings. The first kappa shape index (κ1) is 25.8. The van der Waals surface area contributed by atoms with E-state index in [1.54, 1.807) is 4.90 Å². The van der Waals surface area contributed by atoms with Crippen molar-refractivity contribution in [2.75, 3.05) is 23.3 Å². The molecule has 1 aromatic heterocycles. The third kappa shape index (κ3) is 4.04. The summed E-state index contributed by atoms with van der Waals surface area (Å²) in [4.78, 5) is 43.0. The van der Waals surface area contributed by atoms with Gasteiger partial charge in [-0.25, -0.2) is 0 Å². The molecule has 1 atom stereocenters. The van der Waals surface area contributed by atoms with Crippen LogP contribution in [-0.2, 0) is 15.1 Å². The van der Waals surface area contributed by atoms with Crippen molar-refractivity contribution < 1.29 is 14.4 Å². The molecular weight excluding hydrogens is 516 g/mol. The molecule has 4 heterocycles. The van der Waals surface area contributed by atoms with E-state index in [2.05, 4.69) is 31.1 Å². The van der Waals surface area contributed by atoms with Crippen LogP contribution in [0.3, 0.4) is 0 Å². The minimum absolute atomic E-state index is 0.146. The van der Waals surface area contributed by atoms with Crippen molar-refractivity contribution in [1.82, 2.24) is 20.0 Å². The van der Waals surface area contributed by atoms with E-state index < -0.39 is 6.04 Å². The number of hydrogen-bond donors (Lipinski definition) is 2. The van der Waals surface area contributed by atoms with Crippen molar-refractivity contribution >= 4 is 45.6 Å². The van der Waals surface area contributed by atoms with Gasteiger partial charge in [-0.1, -0.05) is 32.1 Å². The fourth-order valence-electron chi connectivity index (χ4n) is 6.99. The predicted molar refractivity (Wildman–Crippen MR) is 158 cm³/mol. The van der Waals surface area contributed by atoms with Crippen molar-refractivity contribution in [1.29, 1.82) is 0 Å². The summed E-state index contributed by atoms with van der Waals surface area (Å²) >= 11 is 0. The fourth-order valence-corrected chi connectivity index (χ4v) is 6.99. The highest BCUT2D eigenvalue weighted by molar-refractivity contribution is 6.28. The second kappa shape index (κ2) is 9.19. The smallest absolute Gasteiger partial charge is 0.259 e. The van der Waals surface area contributed by atoms with E-state index in [1.165, 1.54) is 0 Å². The monoisotopic (exact) mass is 552 g/mol. The van der Waals surface area contributed by atoms with Crippen LogP contribution < -0.4 is 15.5 Å². The Balaban J connectivity index is 1.11. The van der Waals surface area contributed by atoms with Crippen LogP contribution in [0.4, 0.5) is 17.1 Å². The van der Waals surface area contributed by atoms with Gasteiger partial charge in [0.25, 0.3) is 5.91 Å². The van der Waals surface area contributed by atoms with E-state index in [-0.39, 0.29) is 22.8 Å². The third-order valence-corrected chi connectivity index (χ3v) is 9.88. The first-order valence-electron chi connectivity index (χ1n) is 14.7. The average molecular weight is 553 g/mol. The summed E-state index contributed by atoms with van der Waals surface area (Å²) in [6, 6.07) is 9.07. The number of aromatic nitrogens is 2. The number of likely N-dealkylation sites (tertiary alicyclic amines) is 1. The van der Waals surface area contributed by atoms with Crippen molar-refractivity contribution in [3.05, 3.63) is 60.6 Å². The van der Waals surface area contributed by atoms with E-state index in [0.717, 1.165) is 73.0 Å². The summed E-state index contributed by atoms with van der Waals surface area (Å²) in [5.74, 6) is -0.0225. The zero-order chi connectivity index (χ0) is 28.5. The highest BCUT2D eigenvalue weighted by Gasteiger charge is 2.44. The summed E-state index contributed by atoms with van der Waals surface area (Å²) in [7, 11) is 0. The maximum Gasteiger partial charge on any atom is 0.259 e. The van der Waals surface area contributed by atoms with Gasteiger partial charge >= 0.3 is 0 Å². The third-order valence-electron chi connectivity index (χ3n) is 9.88. The maximum atomic E-state index is 13.5. The Bertz CT molecular complexity index is 1610. The van der Waals surface area contributed by atoms with Crippen LogP contribution in [0, 0.1) is 5.41 Å². The summed E-state index contributed by atoms with van der Waals surface area (Å²) in [5.41, 5.74) is 3.47. The SMILES string of the molecule is C=C1CCC(N2C(=O)c3cccc4c(Nc5cnn(C6(C)CCN(C(=O)C7(C)CCC7)CC6)c5)ccc2c34)C(=O)N1. The van der Waals surface area contributed by atoms with Gasteiger partial charge in [-0.2, -0.15) is 5.10 Å². The molecule has 0 spiro atoms. The Morgan fingerprint density at radius 3 is 2.59 bits per heavy atom. The summed E-state index contributed by atoms with van der Waals surface area (Å²) in [5, 5.41) is 12.8. The lowest BCUT2D eigenvalue weighted by molar-refractivity contribution is -0.148. The average Bonchev–Trinajstić information content (AvgIpc) is 3.53. The number of benzene rings is 2. The molecule has 2 aromatic carbocycles. The number of anilines is 3. The number of hydrogen-bond acceptors (Lipinski definition) is 5. The molecular formula is C32H36N6O3. The lowest BCUT2D eigenvalue weighted by Gasteiger charge is -2.45. The Hall–Kier alpha value is -4.14. The van der Waals surface area contributed by atoms with Crippen LogP contribution in [-0.4, -0.2) is 51.5 Å². The summed E-state index contributed by atoms with van der Waals surface area (Å²) in [6.07, 6.45) is 9.94. The second-order valence-electron chi connectivity index (χ2n) is 12.7. The number of rotatable bonds is 5. The van der Waals surface area contributed by atoms with Crippen molar-refractivity contribution in [2.24, 2.45) is 5.41 Å². The molecule has 9 heteroatoms. The highest BCUT2D eigenvalue weighted by atomic mass is 16.2. The van der Waals surface area contributed by atoms with Gasteiger partial charge in [-0.05, 0) is 63.6 Å². The van der Waals surface area contributed by atoms with E-state index >= 15 is 0 Å². The lowest BCUT2D eigenvalue weighted by Crippen LogP contribution is -2.52. The first-order chi connectivity index (χ1) is 19.7. The molecule has 41 heavy (non-hydrogen) atoms. The molecule has 0 radical (unpaired) electrons. The van der Waals surface area contributed by atoms with Gasteiger partial charge in [0.05, 0.1) is 23.1 Å². The van der Waals surface area contributed by atoms with Crippen molar-refractivity contribution in [3.8, 4) is 0 Å². The number of allylic oxidation sites excluding steroid dienone is 1. The van der Waals surface area contributed by atoms with Crippen LogP contribution >= 0.6 is 0 Å². The Morgan fingerprint density at radius 1 is 1.10 bits per heavy atom. The Morgan fingerprint density at radius 2 is 1.88 bits per heavy atom. The summed E-state index contributed by atoms with van der Waals surface area (Å²) < 4.78 is 2.03. The quantitative estimate of drug-likeness (QED) is 0.461. The molecule has 2 N–H and O–H groups in total. The van der Waals surface area contributed by atoms with E-state index in [1.807, 2.05) is 52.3 Å². The van der Waals surface area contributed by atoms with Gasteiger partial charge in [0.1, 0.15) is 6.04 Å². The molecule has 212 valence electrons. The van der Waals surface area contributed by atoms with Crippen molar-refractivity contribution in [2.45, 2.75) is 70.4 Å². The van der Waals surface area contributed by atoms with E-state index in [0.29, 0.717) is 30.0 Å². The standard InChI is InChI=1S/C32H36N6O3/c1-20-8-10-26(28(39)34-20)38-25-11-9-24(22-6-4-7-23(27(22)25)29(38)40)35-21-18-33-37(19-21)32(3)14-16-36(17-15-32)30(41)31(2)12-5-13-31/h4,6-7,9,11,18-19,26,35H,1,5,8,10,12-17H2,2-3H3,(H,34,39). The highest BCUT2D eigenvalue weighted by Crippen LogP contribution is 2.44. The maximum absolute atomic E-state index is 13.5. The van der Waals surface area contributed by atoms with Crippen LogP contribution in [0.1, 0.15) is 69.2 Å². The number of amides is 3. The van der Waals surface area contributed by atoms with Gasteiger partial charge in [-0.15, -0.1) is 0 Å². The van der Waals surface area contributed by atoms with Gasteiger partial charge < -0.3 is 15.5 Å².